The number of methoxy groups -OCH3 is 1. The Labute approximate surface area is 173 Å². The molecule has 0 bridgehead atoms. The highest BCUT2D eigenvalue weighted by atomic mass is 32.1. The second kappa shape index (κ2) is 9.49. The topological polar surface area (TPSA) is 110 Å². The van der Waals surface area contributed by atoms with E-state index in [4.69, 9.17) is 9.47 Å². The maximum atomic E-state index is 12.6. The molecule has 2 heterocycles. The summed E-state index contributed by atoms with van der Waals surface area (Å²) in [6, 6.07) is 0. The monoisotopic (exact) mass is 421 g/mol. The smallest absolute Gasteiger partial charge is 0.307 e. The zero-order valence-electron chi connectivity index (χ0n) is 17.0. The van der Waals surface area contributed by atoms with Gasteiger partial charge < -0.3 is 19.8 Å². The fraction of sp³-hybridized carbons (Fsp3) is 0.600. The molecule has 0 saturated carbocycles. The van der Waals surface area contributed by atoms with Crippen LogP contribution in [0.1, 0.15) is 43.0 Å². The lowest BCUT2D eigenvalue weighted by atomic mass is 9.89. The highest BCUT2D eigenvalue weighted by molar-refractivity contribution is 7.18. The van der Waals surface area contributed by atoms with Gasteiger partial charge in [0.1, 0.15) is 10.7 Å². The third-order valence-corrected chi connectivity index (χ3v) is 6.21. The number of rotatable bonds is 8. The molecule has 9 heteroatoms. The van der Waals surface area contributed by atoms with E-state index in [0.717, 1.165) is 29.7 Å². The Morgan fingerprint density at radius 3 is 2.97 bits per heavy atom. The normalized spacial score (nSPS) is 17.0. The minimum atomic E-state index is -0.889. The van der Waals surface area contributed by atoms with Crippen LogP contribution in [0.2, 0.25) is 0 Å². The number of hydrogen-bond donors (Lipinski definition) is 2. The van der Waals surface area contributed by atoms with Gasteiger partial charge in [-0.05, 0) is 37.7 Å². The Hall–Kier alpha value is -2.26. The third-order valence-electron chi connectivity index (χ3n) is 5.06. The fourth-order valence-electron chi connectivity index (χ4n) is 3.46. The van der Waals surface area contributed by atoms with Crippen molar-refractivity contribution in [2.75, 3.05) is 20.3 Å². The number of amides is 1. The molecule has 1 aliphatic rings. The number of hydrogen-bond acceptors (Lipinski definition) is 7. The van der Waals surface area contributed by atoms with Crippen molar-refractivity contribution in [1.29, 1.82) is 0 Å². The first kappa shape index (κ1) is 21.4. The molecular formula is C20H27N3O5S. The Morgan fingerprint density at radius 1 is 1.41 bits per heavy atom. The van der Waals surface area contributed by atoms with Crippen LogP contribution in [-0.4, -0.2) is 48.2 Å². The Morgan fingerprint density at radius 2 is 2.21 bits per heavy atom. The zero-order chi connectivity index (χ0) is 21.0. The second-order valence-electron chi connectivity index (χ2n) is 7.46. The van der Waals surface area contributed by atoms with Crippen molar-refractivity contribution in [3.8, 4) is 0 Å². The molecule has 1 amide bonds. The zero-order valence-corrected chi connectivity index (χ0v) is 17.8. The van der Waals surface area contributed by atoms with Crippen LogP contribution in [0.4, 0.5) is 0 Å². The van der Waals surface area contributed by atoms with Crippen LogP contribution in [0.3, 0.4) is 0 Å². The molecule has 2 atom stereocenters. The number of esters is 1. The summed E-state index contributed by atoms with van der Waals surface area (Å²) in [6.07, 6.45) is 2.38. The van der Waals surface area contributed by atoms with Gasteiger partial charge in [-0.3, -0.25) is 14.4 Å². The average Bonchev–Trinajstić information content (AvgIpc) is 3.04. The van der Waals surface area contributed by atoms with Crippen LogP contribution in [0.5, 0.6) is 0 Å². The lowest BCUT2D eigenvalue weighted by Gasteiger charge is -2.17. The average molecular weight is 422 g/mol. The Kier molecular flexibility index (Phi) is 7.02. The second-order valence-corrected chi connectivity index (χ2v) is 8.54. The summed E-state index contributed by atoms with van der Waals surface area (Å²) >= 11 is 1.58. The number of thiophene rings is 1. The molecule has 2 N–H and O–H groups in total. The van der Waals surface area contributed by atoms with Gasteiger partial charge in [-0.1, -0.05) is 6.92 Å². The van der Waals surface area contributed by atoms with Crippen molar-refractivity contribution in [1.82, 2.24) is 15.3 Å². The molecule has 0 unspecified atom stereocenters. The first-order valence-electron chi connectivity index (χ1n) is 9.88. The molecule has 29 heavy (non-hydrogen) atoms. The molecule has 0 aromatic carbocycles. The van der Waals surface area contributed by atoms with E-state index in [0.29, 0.717) is 30.3 Å². The maximum Gasteiger partial charge on any atom is 0.307 e. The minimum Gasteiger partial charge on any atom is -0.453 e. The SMILES string of the molecule is COCCNC(=O)[C@@H](C)OC(=O)CCc1nc2sc3c(c2c(=O)[nH]1)CC[C@H](C)C3. The van der Waals surface area contributed by atoms with Crippen molar-refractivity contribution in [3.05, 3.63) is 26.6 Å². The number of fused-ring (bicyclic) bond motifs is 3. The van der Waals surface area contributed by atoms with E-state index >= 15 is 0 Å². The van der Waals surface area contributed by atoms with Gasteiger partial charge >= 0.3 is 5.97 Å². The third kappa shape index (κ3) is 5.22. The molecule has 2 aromatic rings. The molecule has 1 aliphatic carbocycles. The molecule has 2 aromatic heterocycles. The summed E-state index contributed by atoms with van der Waals surface area (Å²) in [5.41, 5.74) is 0.993. The number of aryl methyl sites for hydroxylation is 2. The number of carbonyl (C=O) groups is 2. The van der Waals surface area contributed by atoms with E-state index in [-0.39, 0.29) is 24.3 Å². The standard InChI is InChI=1S/C20H27N3O5S/c1-11-4-5-13-14(10-11)29-20-17(13)19(26)22-15(23-20)6-7-16(24)28-12(2)18(25)21-8-9-27-3/h11-12H,4-10H2,1-3H3,(H,21,25)(H,22,23,26)/t11-,12+/m0/s1. The van der Waals surface area contributed by atoms with E-state index in [1.807, 2.05) is 0 Å². The van der Waals surface area contributed by atoms with Gasteiger partial charge in [0.15, 0.2) is 6.10 Å². The van der Waals surface area contributed by atoms with Gasteiger partial charge in [-0.25, -0.2) is 4.98 Å². The van der Waals surface area contributed by atoms with Gasteiger partial charge in [0.25, 0.3) is 11.5 Å². The van der Waals surface area contributed by atoms with E-state index in [2.05, 4.69) is 22.2 Å². The lowest BCUT2D eigenvalue weighted by Crippen LogP contribution is -2.37. The number of nitrogens with one attached hydrogen (secondary N) is 2. The summed E-state index contributed by atoms with van der Waals surface area (Å²) in [6.45, 7) is 4.48. The van der Waals surface area contributed by atoms with E-state index in [1.54, 1.807) is 11.3 Å². The van der Waals surface area contributed by atoms with E-state index < -0.39 is 12.1 Å². The molecule has 8 nitrogen and oxygen atoms in total. The number of aromatic nitrogens is 2. The summed E-state index contributed by atoms with van der Waals surface area (Å²) in [5, 5.41) is 3.32. The molecule has 0 saturated heterocycles. The maximum absolute atomic E-state index is 12.6. The van der Waals surface area contributed by atoms with E-state index in [1.165, 1.54) is 18.9 Å². The fourth-order valence-corrected chi connectivity index (χ4v) is 4.86. The minimum absolute atomic E-state index is 0.0340. The lowest BCUT2D eigenvalue weighted by molar-refractivity contribution is -0.154. The van der Waals surface area contributed by atoms with Crippen molar-refractivity contribution in [2.45, 2.75) is 52.1 Å². The molecular weight excluding hydrogens is 394 g/mol. The van der Waals surface area contributed by atoms with Crippen LogP contribution in [0.15, 0.2) is 4.79 Å². The predicted molar refractivity (Wildman–Crippen MR) is 110 cm³/mol. The van der Waals surface area contributed by atoms with Crippen LogP contribution in [-0.2, 0) is 38.3 Å². The van der Waals surface area contributed by atoms with Crippen molar-refractivity contribution in [2.24, 2.45) is 5.92 Å². The van der Waals surface area contributed by atoms with Crippen LogP contribution in [0.25, 0.3) is 10.2 Å². The van der Waals surface area contributed by atoms with Gasteiger partial charge in [0, 0.05) is 25.0 Å². The predicted octanol–water partition coefficient (Wildman–Crippen LogP) is 1.74. The molecule has 3 rings (SSSR count). The summed E-state index contributed by atoms with van der Waals surface area (Å²) in [7, 11) is 1.54. The largest absolute Gasteiger partial charge is 0.453 e. The van der Waals surface area contributed by atoms with E-state index in [9.17, 15) is 14.4 Å². The summed E-state index contributed by atoms with van der Waals surface area (Å²) < 4.78 is 10.0. The highest BCUT2D eigenvalue weighted by Gasteiger charge is 2.23. The highest BCUT2D eigenvalue weighted by Crippen LogP contribution is 2.35. The molecule has 0 radical (unpaired) electrons. The van der Waals surface area contributed by atoms with Crippen molar-refractivity contribution < 1.29 is 19.1 Å². The van der Waals surface area contributed by atoms with Crippen molar-refractivity contribution >= 4 is 33.4 Å². The van der Waals surface area contributed by atoms with Gasteiger partial charge in [-0.15, -0.1) is 11.3 Å². The van der Waals surface area contributed by atoms with Crippen LogP contribution >= 0.6 is 11.3 Å². The molecule has 0 spiro atoms. The van der Waals surface area contributed by atoms with Gasteiger partial charge in [0.2, 0.25) is 0 Å². The summed E-state index contributed by atoms with van der Waals surface area (Å²) in [4.78, 5) is 45.8. The Bertz CT molecular complexity index is 951. The molecule has 158 valence electrons. The quantitative estimate of drug-likeness (QED) is 0.496. The van der Waals surface area contributed by atoms with Crippen LogP contribution in [0, 0.1) is 5.92 Å². The number of ether oxygens (including phenoxy) is 2. The van der Waals surface area contributed by atoms with Crippen molar-refractivity contribution in [3.63, 3.8) is 0 Å². The number of nitrogens with zero attached hydrogens (tertiary/aromatic N) is 1. The number of carbonyl (C=O) groups excluding carboxylic acids is 2. The Balaban J connectivity index is 1.60. The first-order chi connectivity index (χ1) is 13.9. The number of H-pyrrole nitrogens is 1. The van der Waals surface area contributed by atoms with Gasteiger partial charge in [0.05, 0.1) is 18.4 Å². The molecule has 0 aliphatic heterocycles. The first-order valence-corrected chi connectivity index (χ1v) is 10.7. The summed E-state index contributed by atoms with van der Waals surface area (Å²) in [5.74, 6) is 0.198. The van der Waals surface area contributed by atoms with Crippen LogP contribution < -0.4 is 10.9 Å². The van der Waals surface area contributed by atoms with Gasteiger partial charge in [-0.2, -0.15) is 0 Å². The number of aromatic amines is 1. The molecule has 0 fully saturated rings.